The van der Waals surface area contributed by atoms with Crippen molar-refractivity contribution in [2.45, 2.75) is 155 Å². The Labute approximate surface area is 447 Å². The zero-order valence-electron chi connectivity index (χ0n) is 45.6. The molecule has 1 radical (unpaired) electrons. The number of halogens is 1. The Morgan fingerprint density at radius 2 is 1.27 bits per heavy atom. The first kappa shape index (κ1) is 52.3. The second kappa shape index (κ2) is 18.7. The minimum Gasteiger partial charge on any atom is -0.500 e. The molecule has 11 rings (SSSR count). The molecular weight excluding hydrogens is 1090 g/mol. The van der Waals surface area contributed by atoms with E-state index in [-0.39, 0.29) is 59.4 Å². The SMILES string of the molecule is CC(C)c1cc(-c2ccccc2)cc(C(C)C)c1-n1c(-c2[c-]ccc3c2oc2c4c(ccc23)C(C)(C)CC4(C)C)nc2cc3c(cc21)C(C)(C)CCC3(C)C.C[Si](C)(C)c1cnc(-c2[c-]cc(F)cc2)nc1.[Ir]. The summed E-state index contributed by atoms with van der Waals surface area (Å²) in [6.45, 7) is 35.2. The van der Waals surface area contributed by atoms with Crippen LogP contribution in [-0.2, 0) is 41.8 Å². The normalized spacial score (nSPS) is 16.4. The van der Waals surface area contributed by atoms with Crippen LogP contribution in [0.4, 0.5) is 4.39 Å². The third kappa shape index (κ3) is 9.29. The van der Waals surface area contributed by atoms with Gasteiger partial charge in [0.05, 0.1) is 36.3 Å². The number of aromatic nitrogens is 4. The molecule has 379 valence electrons. The molecule has 6 aromatic carbocycles. The third-order valence-electron chi connectivity index (χ3n) is 16.0. The maximum Gasteiger partial charge on any atom is 0.124 e. The molecule has 0 aliphatic heterocycles. The van der Waals surface area contributed by atoms with E-state index >= 15 is 0 Å². The van der Waals surface area contributed by atoms with Crippen molar-refractivity contribution in [3.8, 4) is 39.6 Å². The van der Waals surface area contributed by atoms with Gasteiger partial charge < -0.3 is 8.98 Å². The number of fused-ring (bicyclic) bond motifs is 7. The van der Waals surface area contributed by atoms with Gasteiger partial charge >= 0.3 is 0 Å². The summed E-state index contributed by atoms with van der Waals surface area (Å²) in [5, 5.41) is 3.51. The molecule has 3 aromatic heterocycles. The minimum absolute atomic E-state index is 0. The first-order valence-corrected chi connectivity index (χ1v) is 29.6. The van der Waals surface area contributed by atoms with Gasteiger partial charge in [0.2, 0.25) is 0 Å². The monoisotopic (exact) mass is 1160 g/mol. The van der Waals surface area contributed by atoms with Crippen molar-refractivity contribution in [2.24, 2.45) is 0 Å². The van der Waals surface area contributed by atoms with Crippen molar-refractivity contribution in [3.05, 3.63) is 161 Å². The molecule has 5 nitrogen and oxygen atoms in total. The Morgan fingerprint density at radius 1 is 0.658 bits per heavy atom. The molecule has 0 bridgehead atoms. The van der Waals surface area contributed by atoms with Gasteiger partial charge in [-0.15, -0.1) is 48.0 Å². The summed E-state index contributed by atoms with van der Waals surface area (Å²) in [4.78, 5) is 14.3. The van der Waals surface area contributed by atoms with Gasteiger partial charge in [-0.05, 0) is 121 Å². The smallest absolute Gasteiger partial charge is 0.124 e. The summed E-state index contributed by atoms with van der Waals surface area (Å²) in [5.74, 6) is 1.73. The van der Waals surface area contributed by atoms with Gasteiger partial charge in [0.15, 0.2) is 0 Å². The maximum atomic E-state index is 12.8. The van der Waals surface area contributed by atoms with E-state index in [1.54, 1.807) is 6.07 Å². The van der Waals surface area contributed by atoms with E-state index < -0.39 is 8.07 Å². The number of nitrogens with zero attached hydrogens (tertiary/aromatic N) is 4. The molecule has 0 atom stereocenters. The number of benzene rings is 6. The van der Waals surface area contributed by atoms with Crippen molar-refractivity contribution in [3.63, 3.8) is 0 Å². The van der Waals surface area contributed by atoms with Gasteiger partial charge in [0.1, 0.15) is 5.58 Å². The van der Waals surface area contributed by atoms with E-state index in [9.17, 15) is 4.39 Å². The van der Waals surface area contributed by atoms with Crippen LogP contribution in [0.15, 0.2) is 114 Å². The summed E-state index contributed by atoms with van der Waals surface area (Å²) >= 11 is 0. The van der Waals surface area contributed by atoms with E-state index in [0.29, 0.717) is 11.4 Å². The number of imidazole rings is 1. The van der Waals surface area contributed by atoms with E-state index in [1.807, 2.05) is 12.4 Å². The summed E-state index contributed by atoms with van der Waals surface area (Å²) in [7, 11) is -1.36. The Morgan fingerprint density at radius 3 is 1.86 bits per heavy atom. The Kier molecular flexibility index (Phi) is 13.4. The molecule has 9 aromatic rings. The first-order valence-electron chi connectivity index (χ1n) is 26.1. The molecule has 0 saturated carbocycles. The number of hydrogen-bond acceptors (Lipinski definition) is 4. The number of furan rings is 1. The van der Waals surface area contributed by atoms with Crippen LogP contribution in [-0.4, -0.2) is 27.6 Å². The van der Waals surface area contributed by atoms with Crippen LogP contribution in [0.3, 0.4) is 0 Å². The van der Waals surface area contributed by atoms with Crippen LogP contribution < -0.4 is 5.19 Å². The topological polar surface area (TPSA) is 56.7 Å². The van der Waals surface area contributed by atoms with Crippen molar-refractivity contribution >= 4 is 46.2 Å². The molecule has 0 spiro atoms. The molecule has 8 heteroatoms. The molecular formula is C65H71FIrN4OSi-2. The van der Waals surface area contributed by atoms with Gasteiger partial charge in [-0.2, -0.15) is 0 Å². The zero-order chi connectivity index (χ0) is 51.4. The molecule has 0 fully saturated rings. The molecule has 2 aliphatic carbocycles. The van der Waals surface area contributed by atoms with Crippen LogP contribution in [0.5, 0.6) is 0 Å². The number of rotatable bonds is 7. The zero-order valence-corrected chi connectivity index (χ0v) is 49.0. The summed E-state index contributed by atoms with van der Waals surface area (Å²) < 4.78 is 22.5. The van der Waals surface area contributed by atoms with Gasteiger partial charge in [-0.3, -0.25) is 19.3 Å². The Balaban J connectivity index is 0.000000310. The van der Waals surface area contributed by atoms with Crippen LogP contribution in [0.2, 0.25) is 19.6 Å². The van der Waals surface area contributed by atoms with Gasteiger partial charge in [-0.25, -0.2) is 0 Å². The molecule has 73 heavy (non-hydrogen) atoms. The second-order valence-corrected chi connectivity index (χ2v) is 30.2. The van der Waals surface area contributed by atoms with E-state index in [0.717, 1.165) is 58.2 Å². The van der Waals surface area contributed by atoms with E-state index in [4.69, 9.17) is 9.40 Å². The van der Waals surface area contributed by atoms with E-state index in [1.165, 1.54) is 72.9 Å². The van der Waals surface area contributed by atoms with Crippen LogP contribution >= 0.6 is 0 Å². The van der Waals surface area contributed by atoms with Crippen molar-refractivity contribution in [1.29, 1.82) is 0 Å². The van der Waals surface area contributed by atoms with Gasteiger partial charge in [0, 0.05) is 55.0 Å². The van der Waals surface area contributed by atoms with Gasteiger partial charge in [-0.1, -0.05) is 156 Å². The minimum atomic E-state index is -1.36. The fourth-order valence-electron chi connectivity index (χ4n) is 12.0. The summed E-state index contributed by atoms with van der Waals surface area (Å²) in [5.41, 5.74) is 17.9. The number of hydrogen-bond donors (Lipinski definition) is 0. The predicted octanol–water partition coefficient (Wildman–Crippen LogP) is 17.2. The van der Waals surface area contributed by atoms with Crippen LogP contribution in [0.1, 0.15) is 148 Å². The largest absolute Gasteiger partial charge is 0.500 e. The average molecular weight is 1160 g/mol. The third-order valence-corrected chi connectivity index (χ3v) is 18.0. The average Bonchev–Trinajstić information content (AvgIpc) is 3.96. The molecule has 2 aliphatic rings. The Bertz CT molecular complexity index is 3510. The predicted molar refractivity (Wildman–Crippen MR) is 301 cm³/mol. The quantitative estimate of drug-likeness (QED) is 0.118. The van der Waals surface area contributed by atoms with E-state index in [2.05, 4.69) is 208 Å². The fourth-order valence-corrected chi connectivity index (χ4v) is 12.9. The molecule has 0 N–H and O–H groups in total. The van der Waals surface area contributed by atoms with Crippen molar-refractivity contribution in [1.82, 2.24) is 19.5 Å². The van der Waals surface area contributed by atoms with Crippen LogP contribution in [0, 0.1) is 17.9 Å². The van der Waals surface area contributed by atoms with Crippen molar-refractivity contribution in [2.75, 3.05) is 0 Å². The molecule has 0 amide bonds. The second-order valence-electron chi connectivity index (χ2n) is 25.1. The van der Waals surface area contributed by atoms with Gasteiger partial charge in [0.25, 0.3) is 0 Å². The Hall–Kier alpha value is -5.53. The maximum absolute atomic E-state index is 12.8. The fraction of sp³-hybridized carbons (Fsp3) is 0.369. The standard InChI is InChI=1S/C52H57N2O.C13H14FN2Si.Ir/c1-30(2)37-25-33(32-17-14-13-15-18-32)26-38(31(3)4)45(37)54-43-28-41-40(49(5,6)23-24-50(41,7)8)27-42(43)53-48(54)36-20-16-19-34-35-21-22-39-44(47(35)55-46(34)36)52(11,12)29-51(39,9)10;1-17(2,3)12-8-15-13(16-9-12)10-4-6-11(14)7-5-10;/h13-19,21-22,25-28,30-31H,23-24,29H2,1-12H3;4,6-9H,1-3H3;/q2*-1;. The summed E-state index contributed by atoms with van der Waals surface area (Å²) in [6.07, 6.45) is 7.14. The van der Waals surface area contributed by atoms with Crippen LogP contribution in [0.25, 0.3) is 72.6 Å². The summed E-state index contributed by atoms with van der Waals surface area (Å²) in [6, 6.07) is 40.4. The first-order chi connectivity index (χ1) is 33.9. The molecule has 3 heterocycles. The molecule has 0 saturated heterocycles. The van der Waals surface area contributed by atoms with Crippen molar-refractivity contribution < 1.29 is 28.9 Å². The molecule has 0 unspecified atom stereocenters.